The molecule has 0 unspecified atom stereocenters. The first-order chi connectivity index (χ1) is 10.9. The van der Waals surface area contributed by atoms with E-state index in [9.17, 15) is 18.0 Å². The van der Waals surface area contributed by atoms with Crippen LogP contribution in [0.3, 0.4) is 0 Å². The molecule has 23 heavy (non-hydrogen) atoms. The summed E-state index contributed by atoms with van der Waals surface area (Å²) in [5, 5.41) is 2.63. The number of alkyl halides is 3. The van der Waals surface area contributed by atoms with Crippen LogP contribution < -0.4 is 10.2 Å². The summed E-state index contributed by atoms with van der Waals surface area (Å²) in [5.74, 6) is -0.263. The maximum absolute atomic E-state index is 12.9. The molecule has 0 radical (unpaired) electrons. The first-order valence-electron chi connectivity index (χ1n) is 7.75. The maximum atomic E-state index is 12.9. The van der Waals surface area contributed by atoms with Gasteiger partial charge in [0.15, 0.2) is 0 Å². The van der Waals surface area contributed by atoms with Gasteiger partial charge in [0.2, 0.25) is 5.91 Å². The number of carbonyl (C=O) groups is 1. The van der Waals surface area contributed by atoms with Crippen LogP contribution in [0.4, 0.5) is 24.5 Å². The molecule has 0 aliphatic carbocycles. The predicted molar refractivity (Wildman–Crippen MR) is 82.6 cm³/mol. The zero-order chi connectivity index (χ0) is 16.9. The average Bonchev–Trinajstić information content (AvgIpc) is 2.53. The number of halogens is 3. The molecule has 1 fully saturated rings. The van der Waals surface area contributed by atoms with E-state index in [2.05, 4.69) is 5.32 Å². The topological polar surface area (TPSA) is 41.6 Å². The molecular weight excluding hydrogens is 309 g/mol. The Hall–Kier alpha value is -1.76. The van der Waals surface area contributed by atoms with Crippen LogP contribution in [0.25, 0.3) is 0 Å². The average molecular weight is 330 g/mol. The van der Waals surface area contributed by atoms with Gasteiger partial charge < -0.3 is 15.0 Å². The van der Waals surface area contributed by atoms with Crippen molar-refractivity contribution in [2.75, 3.05) is 36.5 Å². The first-order valence-corrected chi connectivity index (χ1v) is 7.75. The SMILES string of the molecule is CCCCC(=O)Nc1cc(C(F)(F)F)ccc1N1CCOCC1. The summed E-state index contributed by atoms with van der Waals surface area (Å²) < 4.78 is 44.1. The van der Waals surface area contributed by atoms with Crippen molar-refractivity contribution in [1.29, 1.82) is 0 Å². The number of hydrogen-bond acceptors (Lipinski definition) is 3. The fourth-order valence-corrected chi connectivity index (χ4v) is 2.44. The molecule has 1 aliphatic rings. The predicted octanol–water partition coefficient (Wildman–Crippen LogP) is 3.67. The van der Waals surface area contributed by atoms with Crippen molar-refractivity contribution in [2.24, 2.45) is 0 Å². The van der Waals surface area contributed by atoms with Crippen molar-refractivity contribution in [3.63, 3.8) is 0 Å². The lowest BCUT2D eigenvalue weighted by Crippen LogP contribution is -2.36. The highest BCUT2D eigenvalue weighted by Gasteiger charge is 2.31. The molecule has 0 aromatic heterocycles. The van der Waals surface area contributed by atoms with Gasteiger partial charge in [-0.1, -0.05) is 13.3 Å². The molecule has 2 rings (SSSR count). The Morgan fingerprint density at radius 2 is 2.00 bits per heavy atom. The second kappa shape index (κ2) is 7.68. The van der Waals surface area contributed by atoms with Crippen molar-refractivity contribution < 1.29 is 22.7 Å². The molecule has 7 heteroatoms. The van der Waals surface area contributed by atoms with E-state index in [1.807, 2.05) is 11.8 Å². The van der Waals surface area contributed by atoms with Crippen molar-refractivity contribution in [1.82, 2.24) is 0 Å². The van der Waals surface area contributed by atoms with E-state index in [0.717, 1.165) is 18.6 Å². The van der Waals surface area contributed by atoms with Gasteiger partial charge in [0, 0.05) is 19.5 Å². The van der Waals surface area contributed by atoms with E-state index in [0.29, 0.717) is 44.8 Å². The Bertz CT molecular complexity index is 541. The van der Waals surface area contributed by atoms with Gasteiger partial charge in [-0.3, -0.25) is 4.79 Å². The first kappa shape index (κ1) is 17.6. The number of morpholine rings is 1. The Morgan fingerprint density at radius 3 is 2.61 bits per heavy atom. The molecule has 1 heterocycles. The van der Waals surface area contributed by atoms with Gasteiger partial charge in [-0.25, -0.2) is 0 Å². The molecule has 1 saturated heterocycles. The quantitative estimate of drug-likeness (QED) is 0.896. The Balaban J connectivity index is 2.27. The minimum absolute atomic E-state index is 0.211. The summed E-state index contributed by atoms with van der Waals surface area (Å²) >= 11 is 0. The molecule has 0 atom stereocenters. The van der Waals surface area contributed by atoms with Crippen LogP contribution in [-0.2, 0) is 15.7 Å². The van der Waals surface area contributed by atoms with Gasteiger partial charge in [0.05, 0.1) is 30.2 Å². The molecule has 0 saturated carbocycles. The van der Waals surface area contributed by atoms with Gasteiger partial charge in [0.1, 0.15) is 0 Å². The second-order valence-electron chi connectivity index (χ2n) is 5.48. The van der Waals surface area contributed by atoms with Gasteiger partial charge in [-0.05, 0) is 24.6 Å². The Labute approximate surface area is 133 Å². The lowest BCUT2D eigenvalue weighted by molar-refractivity contribution is -0.137. The molecule has 4 nitrogen and oxygen atoms in total. The summed E-state index contributed by atoms with van der Waals surface area (Å²) in [6.07, 6.45) is -2.58. The van der Waals surface area contributed by atoms with Crippen LogP contribution in [0.5, 0.6) is 0 Å². The van der Waals surface area contributed by atoms with E-state index in [-0.39, 0.29) is 11.6 Å². The monoisotopic (exact) mass is 330 g/mol. The number of hydrogen-bond donors (Lipinski definition) is 1. The molecule has 1 aromatic carbocycles. The standard InChI is InChI=1S/C16H21F3N2O2/c1-2-3-4-15(22)20-13-11-12(16(17,18)19)5-6-14(13)21-7-9-23-10-8-21/h5-6,11H,2-4,7-10H2,1H3,(H,20,22). The van der Waals surface area contributed by atoms with E-state index >= 15 is 0 Å². The third kappa shape index (κ3) is 4.86. The molecule has 1 N–H and O–H groups in total. The Kier molecular flexibility index (Phi) is 5.87. The summed E-state index contributed by atoms with van der Waals surface area (Å²) in [6.45, 7) is 4.16. The molecule has 1 aliphatic heterocycles. The van der Waals surface area contributed by atoms with Crippen LogP contribution in [-0.4, -0.2) is 32.2 Å². The third-order valence-electron chi connectivity index (χ3n) is 3.71. The van der Waals surface area contributed by atoms with Crippen LogP contribution in [0.2, 0.25) is 0 Å². The van der Waals surface area contributed by atoms with Crippen LogP contribution in [0.15, 0.2) is 18.2 Å². The third-order valence-corrected chi connectivity index (χ3v) is 3.71. The highest BCUT2D eigenvalue weighted by atomic mass is 19.4. The number of benzene rings is 1. The number of ether oxygens (including phenoxy) is 1. The number of unbranched alkanes of at least 4 members (excludes halogenated alkanes) is 1. The fourth-order valence-electron chi connectivity index (χ4n) is 2.44. The van der Waals surface area contributed by atoms with Crippen LogP contribution in [0.1, 0.15) is 31.7 Å². The summed E-state index contributed by atoms with van der Waals surface area (Å²) in [7, 11) is 0. The zero-order valence-corrected chi connectivity index (χ0v) is 13.1. The smallest absolute Gasteiger partial charge is 0.378 e. The minimum Gasteiger partial charge on any atom is -0.378 e. The minimum atomic E-state index is -4.44. The highest BCUT2D eigenvalue weighted by molar-refractivity contribution is 5.94. The normalized spacial score (nSPS) is 15.6. The molecule has 128 valence electrons. The van der Waals surface area contributed by atoms with Crippen LogP contribution >= 0.6 is 0 Å². The molecule has 1 amide bonds. The zero-order valence-electron chi connectivity index (χ0n) is 13.1. The van der Waals surface area contributed by atoms with Crippen molar-refractivity contribution in [3.8, 4) is 0 Å². The maximum Gasteiger partial charge on any atom is 0.416 e. The number of rotatable bonds is 5. The van der Waals surface area contributed by atoms with Gasteiger partial charge in [-0.2, -0.15) is 13.2 Å². The number of carbonyl (C=O) groups excluding carboxylic acids is 1. The number of amides is 1. The van der Waals surface area contributed by atoms with E-state index in [1.165, 1.54) is 6.07 Å². The summed E-state index contributed by atoms with van der Waals surface area (Å²) in [5.41, 5.74) is 0.0503. The molecular formula is C16H21F3N2O2. The molecule has 1 aromatic rings. The summed E-state index contributed by atoms with van der Waals surface area (Å²) in [4.78, 5) is 13.9. The Morgan fingerprint density at radius 1 is 1.30 bits per heavy atom. The van der Waals surface area contributed by atoms with Crippen molar-refractivity contribution >= 4 is 17.3 Å². The lowest BCUT2D eigenvalue weighted by atomic mass is 10.1. The number of nitrogens with one attached hydrogen (secondary N) is 1. The number of anilines is 2. The molecule has 0 bridgehead atoms. The van der Waals surface area contributed by atoms with Crippen molar-refractivity contribution in [2.45, 2.75) is 32.4 Å². The lowest BCUT2D eigenvalue weighted by Gasteiger charge is -2.31. The van der Waals surface area contributed by atoms with Gasteiger partial charge in [-0.15, -0.1) is 0 Å². The van der Waals surface area contributed by atoms with Crippen molar-refractivity contribution in [3.05, 3.63) is 23.8 Å². The van der Waals surface area contributed by atoms with E-state index < -0.39 is 11.7 Å². The van der Waals surface area contributed by atoms with E-state index in [4.69, 9.17) is 4.74 Å². The largest absolute Gasteiger partial charge is 0.416 e. The second-order valence-corrected chi connectivity index (χ2v) is 5.48. The van der Waals surface area contributed by atoms with Crippen LogP contribution in [0, 0.1) is 0 Å². The number of nitrogens with zero attached hydrogens (tertiary/aromatic N) is 1. The fraction of sp³-hybridized carbons (Fsp3) is 0.562. The summed E-state index contributed by atoms with van der Waals surface area (Å²) in [6, 6.07) is 3.48. The highest BCUT2D eigenvalue weighted by Crippen LogP contribution is 2.35. The van der Waals surface area contributed by atoms with E-state index in [1.54, 1.807) is 0 Å². The molecule has 0 spiro atoms. The van der Waals surface area contributed by atoms with Gasteiger partial charge in [0.25, 0.3) is 0 Å². The van der Waals surface area contributed by atoms with Gasteiger partial charge >= 0.3 is 6.18 Å².